The fourth-order valence-corrected chi connectivity index (χ4v) is 4.55. The number of nitrogens with zero attached hydrogens (tertiary/aromatic N) is 5. The number of aromatic nitrogens is 3. The number of morpholine rings is 1. The van der Waals surface area contributed by atoms with Gasteiger partial charge in [0, 0.05) is 48.2 Å². The second kappa shape index (κ2) is 10.5. The zero-order valence-electron chi connectivity index (χ0n) is 21.2. The van der Waals surface area contributed by atoms with Crippen LogP contribution in [0.25, 0.3) is 11.0 Å². The number of nitrogens with one attached hydrogen (secondary N) is 1. The zero-order chi connectivity index (χ0) is 25.9. The van der Waals surface area contributed by atoms with Crippen molar-refractivity contribution < 1.29 is 14.2 Å². The first-order chi connectivity index (χ1) is 18.7. The molecule has 0 atom stereocenters. The number of nitriles is 1. The first-order valence-electron chi connectivity index (χ1n) is 12.8. The van der Waals surface area contributed by atoms with Crippen molar-refractivity contribution in [2.75, 3.05) is 43.6 Å². The van der Waals surface area contributed by atoms with Gasteiger partial charge < -0.3 is 24.4 Å². The molecular formula is C29H28N6O3. The number of pyridine rings is 1. The van der Waals surface area contributed by atoms with Crippen LogP contribution in [0, 0.1) is 11.3 Å². The molecule has 0 spiro atoms. The van der Waals surface area contributed by atoms with Crippen molar-refractivity contribution in [1.29, 1.82) is 5.26 Å². The van der Waals surface area contributed by atoms with Crippen molar-refractivity contribution in [1.82, 2.24) is 15.0 Å². The van der Waals surface area contributed by atoms with E-state index in [1.807, 2.05) is 36.5 Å². The molecule has 0 amide bonds. The van der Waals surface area contributed by atoms with Gasteiger partial charge in [-0.05, 0) is 43.2 Å². The summed E-state index contributed by atoms with van der Waals surface area (Å²) in [6, 6.07) is 15.8. The Kier molecular flexibility index (Phi) is 6.63. The number of methoxy groups -OCH3 is 1. The van der Waals surface area contributed by atoms with Gasteiger partial charge in [-0.25, -0.2) is 4.98 Å². The first-order valence-corrected chi connectivity index (χ1v) is 12.8. The predicted octanol–water partition coefficient (Wildman–Crippen LogP) is 4.94. The summed E-state index contributed by atoms with van der Waals surface area (Å²) in [7, 11) is 1.61. The number of ether oxygens (including phenoxy) is 3. The van der Waals surface area contributed by atoms with E-state index in [-0.39, 0.29) is 0 Å². The molecule has 2 aliphatic rings. The molecule has 9 nitrogen and oxygen atoms in total. The average molecular weight is 509 g/mol. The summed E-state index contributed by atoms with van der Waals surface area (Å²) >= 11 is 0. The van der Waals surface area contributed by atoms with Crippen LogP contribution in [-0.2, 0) is 11.3 Å². The standard InChI is InChI=1S/C29H28N6O3/c1-36-27-14-21(5-9-26(27)38-18-19-2-6-23(31-16-19)20-3-4-20)33-24-7-8-25-29(22(24)15-30)34-28(17-32-25)35-10-12-37-13-11-35/h2,5-9,14,16-17,20,33H,3-4,10-13,18H2,1H3. The Balaban J connectivity index is 1.21. The highest BCUT2D eigenvalue weighted by Crippen LogP contribution is 2.39. The quantitative estimate of drug-likeness (QED) is 0.354. The van der Waals surface area contributed by atoms with Crippen LogP contribution < -0.4 is 19.7 Å². The Labute approximate surface area is 221 Å². The van der Waals surface area contributed by atoms with Crippen molar-refractivity contribution in [3.63, 3.8) is 0 Å². The molecule has 6 rings (SSSR count). The molecule has 0 bridgehead atoms. The van der Waals surface area contributed by atoms with Crippen molar-refractivity contribution in [2.24, 2.45) is 0 Å². The maximum atomic E-state index is 10.0. The fourth-order valence-electron chi connectivity index (χ4n) is 4.55. The van der Waals surface area contributed by atoms with Crippen LogP contribution in [0.4, 0.5) is 17.2 Å². The summed E-state index contributed by atoms with van der Waals surface area (Å²) in [5.41, 5.74) is 5.25. The van der Waals surface area contributed by atoms with Crippen LogP contribution in [0.1, 0.15) is 35.6 Å². The second-order valence-electron chi connectivity index (χ2n) is 9.44. The number of fused-ring (bicyclic) bond motifs is 1. The molecule has 0 unspecified atom stereocenters. The lowest BCUT2D eigenvalue weighted by Gasteiger charge is -2.27. The van der Waals surface area contributed by atoms with Gasteiger partial charge in [0.15, 0.2) is 11.5 Å². The van der Waals surface area contributed by atoms with Gasteiger partial charge in [0.25, 0.3) is 0 Å². The monoisotopic (exact) mass is 508 g/mol. The van der Waals surface area contributed by atoms with E-state index in [1.54, 1.807) is 13.3 Å². The second-order valence-corrected chi connectivity index (χ2v) is 9.44. The van der Waals surface area contributed by atoms with Gasteiger partial charge in [-0.3, -0.25) is 9.97 Å². The maximum Gasteiger partial charge on any atom is 0.162 e. The SMILES string of the molecule is COc1cc(Nc2ccc3ncc(N4CCOCC4)nc3c2C#N)ccc1OCc1ccc(C2CC2)nc1. The zero-order valence-corrected chi connectivity index (χ0v) is 21.2. The summed E-state index contributed by atoms with van der Waals surface area (Å²) in [6.45, 7) is 3.19. The third-order valence-corrected chi connectivity index (χ3v) is 6.83. The van der Waals surface area contributed by atoms with E-state index in [1.165, 1.54) is 12.8 Å². The van der Waals surface area contributed by atoms with Crippen LogP contribution >= 0.6 is 0 Å². The van der Waals surface area contributed by atoms with Crippen molar-refractivity contribution in [3.8, 4) is 17.6 Å². The maximum absolute atomic E-state index is 10.0. The van der Waals surface area contributed by atoms with Gasteiger partial charge in [-0.15, -0.1) is 0 Å². The fraction of sp³-hybridized carbons (Fsp3) is 0.310. The molecule has 1 saturated heterocycles. The minimum Gasteiger partial charge on any atom is -0.493 e. The molecule has 2 fully saturated rings. The van der Waals surface area contributed by atoms with E-state index in [0.29, 0.717) is 59.5 Å². The first kappa shape index (κ1) is 23.9. The van der Waals surface area contributed by atoms with Crippen molar-refractivity contribution >= 4 is 28.2 Å². The van der Waals surface area contributed by atoms with E-state index in [4.69, 9.17) is 19.2 Å². The lowest BCUT2D eigenvalue weighted by Crippen LogP contribution is -2.36. The molecule has 1 aliphatic carbocycles. The number of hydrogen-bond donors (Lipinski definition) is 1. The van der Waals surface area contributed by atoms with Crippen molar-refractivity contribution in [3.05, 3.63) is 71.7 Å². The van der Waals surface area contributed by atoms with Gasteiger partial charge in [0.2, 0.25) is 0 Å². The molecule has 1 saturated carbocycles. The largest absolute Gasteiger partial charge is 0.493 e. The van der Waals surface area contributed by atoms with E-state index < -0.39 is 0 Å². The highest BCUT2D eigenvalue weighted by Gasteiger charge is 2.24. The number of benzene rings is 2. The van der Waals surface area contributed by atoms with Crippen LogP contribution in [0.5, 0.6) is 11.5 Å². The van der Waals surface area contributed by atoms with Crippen LogP contribution in [-0.4, -0.2) is 48.4 Å². The average Bonchev–Trinajstić information content (AvgIpc) is 3.82. The van der Waals surface area contributed by atoms with Crippen LogP contribution in [0.3, 0.4) is 0 Å². The topological polar surface area (TPSA) is 105 Å². The minimum absolute atomic E-state index is 0.397. The lowest BCUT2D eigenvalue weighted by molar-refractivity contribution is 0.122. The van der Waals surface area contributed by atoms with Gasteiger partial charge in [-0.1, -0.05) is 6.07 Å². The Bertz CT molecular complexity index is 1490. The number of rotatable bonds is 8. The summed E-state index contributed by atoms with van der Waals surface area (Å²) in [4.78, 5) is 16.0. The Morgan fingerprint density at radius 1 is 1.05 bits per heavy atom. The summed E-state index contributed by atoms with van der Waals surface area (Å²) < 4.78 is 17.1. The van der Waals surface area contributed by atoms with Crippen molar-refractivity contribution in [2.45, 2.75) is 25.4 Å². The number of anilines is 3. The predicted molar refractivity (Wildman–Crippen MR) is 144 cm³/mol. The Morgan fingerprint density at radius 3 is 2.66 bits per heavy atom. The molecule has 38 heavy (non-hydrogen) atoms. The third kappa shape index (κ3) is 5.04. The van der Waals surface area contributed by atoms with E-state index in [0.717, 1.165) is 35.9 Å². The van der Waals surface area contributed by atoms with Gasteiger partial charge >= 0.3 is 0 Å². The third-order valence-electron chi connectivity index (χ3n) is 6.83. The normalized spacial score (nSPS) is 15.2. The number of hydrogen-bond acceptors (Lipinski definition) is 9. The van der Waals surface area contributed by atoms with Crippen LogP contribution in [0.15, 0.2) is 54.9 Å². The van der Waals surface area contributed by atoms with Crippen LogP contribution in [0.2, 0.25) is 0 Å². The Hall–Kier alpha value is -4.42. The minimum atomic E-state index is 0.397. The van der Waals surface area contributed by atoms with E-state index in [9.17, 15) is 5.26 Å². The molecule has 4 aromatic rings. The molecule has 9 heteroatoms. The lowest BCUT2D eigenvalue weighted by atomic mass is 10.1. The molecule has 3 heterocycles. The van der Waals surface area contributed by atoms with E-state index in [2.05, 4.69) is 38.4 Å². The molecule has 1 aliphatic heterocycles. The molecule has 192 valence electrons. The van der Waals surface area contributed by atoms with Gasteiger partial charge in [0.1, 0.15) is 29.6 Å². The summed E-state index contributed by atoms with van der Waals surface area (Å²) in [6.07, 6.45) is 6.10. The van der Waals surface area contributed by atoms with Gasteiger partial charge in [-0.2, -0.15) is 5.26 Å². The molecule has 2 aromatic carbocycles. The van der Waals surface area contributed by atoms with Gasteiger partial charge in [0.05, 0.1) is 37.7 Å². The highest BCUT2D eigenvalue weighted by atomic mass is 16.5. The summed E-state index contributed by atoms with van der Waals surface area (Å²) in [5.74, 6) is 2.60. The molecule has 2 aromatic heterocycles. The Morgan fingerprint density at radius 2 is 1.92 bits per heavy atom. The molecular weight excluding hydrogens is 480 g/mol. The molecule has 1 N–H and O–H groups in total. The highest BCUT2D eigenvalue weighted by molar-refractivity contribution is 5.89. The smallest absolute Gasteiger partial charge is 0.162 e. The summed E-state index contributed by atoms with van der Waals surface area (Å²) in [5, 5.41) is 13.4. The van der Waals surface area contributed by atoms with E-state index >= 15 is 0 Å². The molecule has 0 radical (unpaired) electrons.